The van der Waals surface area contributed by atoms with Gasteiger partial charge in [0.25, 0.3) is 0 Å². The van der Waals surface area contributed by atoms with E-state index in [9.17, 15) is 8.42 Å². The number of tetrazole rings is 1. The molecule has 0 aliphatic heterocycles. The SMILES string of the molecule is CC(NS(=O)(=O)O)Sc1nn[nH]n1. The molecule has 13 heavy (non-hydrogen) atoms. The van der Waals surface area contributed by atoms with Crippen LogP contribution in [0.15, 0.2) is 5.16 Å². The Morgan fingerprint density at radius 3 is 2.85 bits per heavy atom. The molecule has 1 rings (SSSR count). The van der Waals surface area contributed by atoms with Gasteiger partial charge in [0.2, 0.25) is 5.16 Å². The van der Waals surface area contributed by atoms with E-state index in [-0.39, 0.29) is 0 Å². The lowest BCUT2D eigenvalue weighted by Crippen LogP contribution is -2.29. The molecule has 0 aliphatic rings. The Labute approximate surface area is 78.4 Å². The standard InChI is InChI=1S/C3H7N5O3S2/c1-2(6-13(9,10)11)12-3-4-7-8-5-3/h2,6H,1H3,(H,9,10,11)(H,4,5,7,8). The van der Waals surface area contributed by atoms with E-state index in [1.807, 2.05) is 4.72 Å². The number of nitrogens with one attached hydrogen (secondary N) is 2. The van der Waals surface area contributed by atoms with Crippen LogP contribution in [0.2, 0.25) is 0 Å². The van der Waals surface area contributed by atoms with Gasteiger partial charge in [-0.15, -0.1) is 10.2 Å². The molecule has 1 heterocycles. The van der Waals surface area contributed by atoms with Crippen LogP contribution in [0.4, 0.5) is 0 Å². The van der Waals surface area contributed by atoms with Crippen molar-refractivity contribution >= 4 is 22.1 Å². The Morgan fingerprint density at radius 1 is 1.69 bits per heavy atom. The highest BCUT2D eigenvalue weighted by Crippen LogP contribution is 2.15. The number of aromatic nitrogens is 4. The lowest BCUT2D eigenvalue weighted by atomic mass is 10.8. The fourth-order valence-corrected chi connectivity index (χ4v) is 2.07. The van der Waals surface area contributed by atoms with E-state index >= 15 is 0 Å². The highest BCUT2D eigenvalue weighted by molar-refractivity contribution is 8.00. The molecule has 0 aromatic carbocycles. The Morgan fingerprint density at radius 2 is 2.38 bits per heavy atom. The summed E-state index contributed by atoms with van der Waals surface area (Å²) in [5.41, 5.74) is 0. The molecule has 8 nitrogen and oxygen atoms in total. The number of aromatic amines is 1. The predicted octanol–water partition coefficient (Wildman–Crippen LogP) is -0.970. The first-order valence-electron chi connectivity index (χ1n) is 3.12. The van der Waals surface area contributed by atoms with Crippen LogP contribution < -0.4 is 4.72 Å². The zero-order valence-corrected chi connectivity index (χ0v) is 8.13. The van der Waals surface area contributed by atoms with Gasteiger partial charge in [-0.3, -0.25) is 4.55 Å². The maximum Gasteiger partial charge on any atom is 0.334 e. The quantitative estimate of drug-likeness (QED) is 0.342. The topological polar surface area (TPSA) is 121 Å². The van der Waals surface area contributed by atoms with Crippen molar-refractivity contribution in [1.29, 1.82) is 0 Å². The summed E-state index contributed by atoms with van der Waals surface area (Å²) in [6.45, 7) is 1.54. The number of hydrogen-bond donors (Lipinski definition) is 3. The van der Waals surface area contributed by atoms with Gasteiger partial charge in [0, 0.05) is 0 Å². The zero-order chi connectivity index (χ0) is 9.90. The normalized spacial score (nSPS) is 14.3. The van der Waals surface area contributed by atoms with Crippen molar-refractivity contribution in [1.82, 2.24) is 25.3 Å². The Hall–Kier alpha value is -0.710. The molecule has 0 saturated carbocycles. The number of H-pyrrole nitrogens is 1. The van der Waals surface area contributed by atoms with Crippen molar-refractivity contribution in [2.24, 2.45) is 0 Å². The lowest BCUT2D eigenvalue weighted by molar-refractivity contribution is 0.467. The largest absolute Gasteiger partial charge is 0.334 e. The van der Waals surface area contributed by atoms with Gasteiger partial charge in [-0.2, -0.15) is 18.4 Å². The Bertz CT molecular complexity index is 347. The number of rotatable bonds is 4. The first kappa shape index (κ1) is 10.4. The average molecular weight is 225 g/mol. The number of thioether (sulfide) groups is 1. The third-order valence-corrected chi connectivity index (χ3v) is 2.58. The van der Waals surface area contributed by atoms with Crippen LogP contribution in [0, 0.1) is 0 Å². The van der Waals surface area contributed by atoms with Crippen LogP contribution in [0.5, 0.6) is 0 Å². The van der Waals surface area contributed by atoms with Gasteiger partial charge in [-0.05, 0) is 12.1 Å². The minimum absolute atomic E-state index is 0.295. The van der Waals surface area contributed by atoms with Gasteiger partial charge >= 0.3 is 10.3 Å². The van der Waals surface area contributed by atoms with E-state index in [4.69, 9.17) is 4.55 Å². The Balaban J connectivity index is 2.47. The summed E-state index contributed by atoms with van der Waals surface area (Å²) >= 11 is 1.01. The summed E-state index contributed by atoms with van der Waals surface area (Å²) in [6.07, 6.45) is 0. The molecule has 0 saturated heterocycles. The molecular formula is C3H7N5O3S2. The second kappa shape index (κ2) is 4.00. The highest BCUT2D eigenvalue weighted by Gasteiger charge is 2.13. The van der Waals surface area contributed by atoms with Crippen molar-refractivity contribution in [3.8, 4) is 0 Å². The van der Waals surface area contributed by atoms with Gasteiger partial charge in [0.1, 0.15) is 0 Å². The molecule has 0 amide bonds. The smallest absolute Gasteiger partial charge is 0.273 e. The molecule has 1 aromatic heterocycles. The zero-order valence-electron chi connectivity index (χ0n) is 6.50. The molecule has 0 aliphatic carbocycles. The molecule has 74 valence electrons. The van der Waals surface area contributed by atoms with E-state index in [0.29, 0.717) is 5.16 Å². The summed E-state index contributed by atoms with van der Waals surface area (Å²) in [5.74, 6) is 0. The third kappa shape index (κ3) is 4.17. The first-order chi connectivity index (χ1) is 5.97. The molecular weight excluding hydrogens is 218 g/mol. The fraction of sp³-hybridized carbons (Fsp3) is 0.667. The van der Waals surface area contributed by atoms with Gasteiger partial charge < -0.3 is 0 Å². The van der Waals surface area contributed by atoms with E-state index in [1.165, 1.54) is 6.92 Å². The van der Waals surface area contributed by atoms with Crippen molar-refractivity contribution in [2.75, 3.05) is 0 Å². The summed E-state index contributed by atoms with van der Waals surface area (Å²) in [6, 6.07) is 0. The van der Waals surface area contributed by atoms with Crippen molar-refractivity contribution in [3.05, 3.63) is 0 Å². The predicted molar refractivity (Wildman–Crippen MR) is 44.2 cm³/mol. The van der Waals surface area contributed by atoms with Crippen LogP contribution in [0.1, 0.15) is 6.92 Å². The number of nitrogens with zero attached hydrogens (tertiary/aromatic N) is 3. The van der Waals surface area contributed by atoms with Crippen molar-refractivity contribution < 1.29 is 13.0 Å². The highest BCUT2D eigenvalue weighted by atomic mass is 32.2. The fourth-order valence-electron chi connectivity index (χ4n) is 0.594. The average Bonchev–Trinajstić information content (AvgIpc) is 2.34. The maximum atomic E-state index is 10.3. The Kier molecular flexibility index (Phi) is 3.19. The summed E-state index contributed by atoms with van der Waals surface area (Å²) in [7, 11) is -4.18. The van der Waals surface area contributed by atoms with E-state index < -0.39 is 15.7 Å². The van der Waals surface area contributed by atoms with Crippen LogP contribution in [0.3, 0.4) is 0 Å². The van der Waals surface area contributed by atoms with Crippen LogP contribution in [-0.4, -0.2) is 39.0 Å². The lowest BCUT2D eigenvalue weighted by Gasteiger charge is -2.06. The first-order valence-corrected chi connectivity index (χ1v) is 5.44. The molecule has 1 aromatic rings. The molecule has 0 fully saturated rings. The van der Waals surface area contributed by atoms with Gasteiger partial charge in [-0.25, -0.2) is 0 Å². The van der Waals surface area contributed by atoms with Crippen LogP contribution in [0.25, 0.3) is 0 Å². The van der Waals surface area contributed by atoms with Crippen LogP contribution in [-0.2, 0) is 10.3 Å². The molecule has 0 bridgehead atoms. The molecule has 1 atom stereocenters. The summed E-state index contributed by atoms with van der Waals surface area (Å²) in [5, 5.41) is 12.4. The third-order valence-electron chi connectivity index (χ3n) is 0.923. The summed E-state index contributed by atoms with van der Waals surface area (Å²) < 4.78 is 31.0. The second-order valence-electron chi connectivity index (χ2n) is 2.05. The van der Waals surface area contributed by atoms with Crippen LogP contribution >= 0.6 is 11.8 Å². The van der Waals surface area contributed by atoms with Gasteiger partial charge in [0.05, 0.1) is 5.37 Å². The minimum atomic E-state index is -4.18. The maximum absolute atomic E-state index is 10.3. The van der Waals surface area contributed by atoms with Crippen molar-refractivity contribution in [2.45, 2.75) is 17.5 Å². The molecule has 1 unspecified atom stereocenters. The molecule has 10 heteroatoms. The van der Waals surface area contributed by atoms with E-state index in [0.717, 1.165) is 11.8 Å². The van der Waals surface area contributed by atoms with Gasteiger partial charge in [0.15, 0.2) is 0 Å². The number of hydrogen-bond acceptors (Lipinski definition) is 6. The second-order valence-corrected chi connectivity index (χ2v) is 4.54. The van der Waals surface area contributed by atoms with Gasteiger partial charge in [-0.1, -0.05) is 11.8 Å². The molecule has 3 N–H and O–H groups in total. The summed E-state index contributed by atoms with van der Waals surface area (Å²) in [4.78, 5) is 0. The van der Waals surface area contributed by atoms with E-state index in [2.05, 4.69) is 20.6 Å². The molecule has 0 radical (unpaired) electrons. The monoisotopic (exact) mass is 225 g/mol. The molecule has 0 spiro atoms. The van der Waals surface area contributed by atoms with E-state index in [1.54, 1.807) is 0 Å². The minimum Gasteiger partial charge on any atom is -0.273 e. The van der Waals surface area contributed by atoms with Crippen molar-refractivity contribution in [3.63, 3.8) is 0 Å².